The van der Waals surface area contributed by atoms with Crippen LogP contribution in [0.3, 0.4) is 0 Å². The molecule has 0 spiro atoms. The summed E-state index contributed by atoms with van der Waals surface area (Å²) in [5.74, 6) is -0.314. The summed E-state index contributed by atoms with van der Waals surface area (Å²) in [6.07, 6.45) is 0. The molecule has 5 heteroatoms. The summed E-state index contributed by atoms with van der Waals surface area (Å²) < 4.78 is 17.5. The minimum absolute atomic E-state index is 0.311. The van der Waals surface area contributed by atoms with Gasteiger partial charge in [-0.15, -0.1) is 0 Å². The molecule has 0 saturated heterocycles. The van der Waals surface area contributed by atoms with E-state index in [1.54, 1.807) is 19.1 Å². The van der Waals surface area contributed by atoms with Gasteiger partial charge in [-0.25, -0.2) is 0 Å². The zero-order chi connectivity index (χ0) is 11.1. The molecule has 1 aromatic carbocycles. The van der Waals surface area contributed by atoms with Crippen LogP contribution in [0.25, 0.3) is 0 Å². The SMILES string of the molecule is CCO[P@]1(=O)NC(=O)c2cccc(C)c21. The molecular formula is C10H12NO3P. The molecule has 1 heterocycles. The number of fused-ring (bicyclic) bond motifs is 1. The summed E-state index contributed by atoms with van der Waals surface area (Å²) >= 11 is 0. The van der Waals surface area contributed by atoms with Crippen molar-refractivity contribution in [3.05, 3.63) is 29.3 Å². The maximum Gasteiger partial charge on any atom is 0.327 e. The number of benzene rings is 1. The highest BCUT2D eigenvalue weighted by molar-refractivity contribution is 7.67. The lowest BCUT2D eigenvalue weighted by atomic mass is 10.1. The van der Waals surface area contributed by atoms with Gasteiger partial charge in [0.15, 0.2) is 0 Å². The molecule has 0 unspecified atom stereocenters. The molecule has 1 aromatic rings. The Hall–Kier alpha value is -1.12. The highest BCUT2D eigenvalue weighted by Gasteiger charge is 2.40. The van der Waals surface area contributed by atoms with Gasteiger partial charge in [0.25, 0.3) is 5.91 Å². The van der Waals surface area contributed by atoms with E-state index in [0.29, 0.717) is 17.5 Å². The average Bonchev–Trinajstić information content (AvgIpc) is 2.41. The van der Waals surface area contributed by atoms with Crippen molar-refractivity contribution < 1.29 is 13.9 Å². The maximum atomic E-state index is 12.3. The van der Waals surface area contributed by atoms with Gasteiger partial charge in [-0.2, -0.15) is 0 Å². The molecular weight excluding hydrogens is 213 g/mol. The van der Waals surface area contributed by atoms with Crippen molar-refractivity contribution in [1.29, 1.82) is 0 Å². The van der Waals surface area contributed by atoms with Gasteiger partial charge in [0.2, 0.25) is 0 Å². The third-order valence-corrected chi connectivity index (χ3v) is 4.64. The van der Waals surface area contributed by atoms with E-state index in [2.05, 4.69) is 5.09 Å². The molecule has 1 N–H and O–H groups in total. The topological polar surface area (TPSA) is 55.4 Å². The predicted molar refractivity (Wildman–Crippen MR) is 57.5 cm³/mol. The lowest BCUT2D eigenvalue weighted by Crippen LogP contribution is -2.15. The van der Waals surface area contributed by atoms with Crippen LogP contribution in [0.1, 0.15) is 22.8 Å². The molecule has 0 saturated carbocycles. The van der Waals surface area contributed by atoms with Crippen LogP contribution in [-0.4, -0.2) is 12.5 Å². The second-order valence-corrected chi connectivity index (χ2v) is 5.41. The number of amides is 1. The van der Waals surface area contributed by atoms with E-state index >= 15 is 0 Å². The van der Waals surface area contributed by atoms with Crippen LogP contribution < -0.4 is 10.4 Å². The third-order valence-electron chi connectivity index (χ3n) is 2.34. The summed E-state index contributed by atoms with van der Waals surface area (Å²) in [4.78, 5) is 11.5. The summed E-state index contributed by atoms with van der Waals surface area (Å²) in [6, 6.07) is 5.26. The van der Waals surface area contributed by atoms with Gasteiger partial charge in [0.05, 0.1) is 17.5 Å². The third kappa shape index (κ3) is 1.50. The minimum Gasteiger partial charge on any atom is -0.310 e. The van der Waals surface area contributed by atoms with E-state index in [0.717, 1.165) is 5.56 Å². The first-order valence-corrected chi connectivity index (χ1v) is 6.38. The standard InChI is InChI=1S/C10H12NO3P/c1-3-14-15(13)9-7(2)5-4-6-8(9)10(12)11-15/h4-6H,3H2,1-2H3,(H,11,12,13)/t15-/m0/s1. The Kier molecular flexibility index (Phi) is 2.41. The molecule has 0 radical (unpaired) electrons. The first-order valence-electron chi connectivity index (χ1n) is 4.76. The van der Waals surface area contributed by atoms with Gasteiger partial charge in [-0.05, 0) is 25.5 Å². The van der Waals surface area contributed by atoms with Gasteiger partial charge >= 0.3 is 7.52 Å². The first-order chi connectivity index (χ1) is 7.08. The molecule has 80 valence electrons. The fourth-order valence-electron chi connectivity index (χ4n) is 1.76. The van der Waals surface area contributed by atoms with Crippen LogP contribution in [-0.2, 0) is 9.09 Å². The van der Waals surface area contributed by atoms with Gasteiger partial charge in [0.1, 0.15) is 0 Å². The van der Waals surface area contributed by atoms with Crippen LogP contribution in [0.2, 0.25) is 0 Å². The van der Waals surface area contributed by atoms with Gasteiger partial charge in [-0.1, -0.05) is 12.1 Å². The predicted octanol–water partition coefficient (Wildman–Crippen LogP) is 1.59. The largest absolute Gasteiger partial charge is 0.327 e. The molecule has 1 aliphatic heterocycles. The first kappa shape index (κ1) is 10.4. The fraction of sp³-hybridized carbons (Fsp3) is 0.300. The van der Waals surface area contributed by atoms with E-state index in [9.17, 15) is 9.36 Å². The Morgan fingerprint density at radius 2 is 2.20 bits per heavy atom. The summed E-state index contributed by atoms with van der Waals surface area (Å²) in [7, 11) is -3.15. The van der Waals surface area contributed by atoms with Crippen molar-refractivity contribution in [3.63, 3.8) is 0 Å². The van der Waals surface area contributed by atoms with Crippen molar-refractivity contribution in [2.75, 3.05) is 6.61 Å². The van der Waals surface area contributed by atoms with Crippen LogP contribution in [0.15, 0.2) is 18.2 Å². The van der Waals surface area contributed by atoms with Crippen LogP contribution >= 0.6 is 7.52 Å². The summed E-state index contributed by atoms with van der Waals surface area (Å²) in [6.45, 7) is 3.89. The zero-order valence-corrected chi connectivity index (χ0v) is 9.51. The molecule has 1 amide bonds. The van der Waals surface area contributed by atoms with Crippen molar-refractivity contribution in [3.8, 4) is 0 Å². The lowest BCUT2D eigenvalue weighted by molar-refractivity contribution is 0.0982. The maximum absolute atomic E-state index is 12.3. The molecule has 0 bridgehead atoms. The molecule has 1 atom stereocenters. The van der Waals surface area contributed by atoms with Crippen LogP contribution in [0.4, 0.5) is 0 Å². The number of rotatable bonds is 2. The number of hydrogen-bond donors (Lipinski definition) is 1. The van der Waals surface area contributed by atoms with Gasteiger partial charge < -0.3 is 4.52 Å². The van der Waals surface area contributed by atoms with E-state index < -0.39 is 7.52 Å². The number of carbonyl (C=O) groups is 1. The van der Waals surface area contributed by atoms with Crippen molar-refractivity contribution in [1.82, 2.24) is 5.09 Å². The summed E-state index contributed by atoms with van der Waals surface area (Å²) in [5, 5.41) is 2.96. The molecule has 15 heavy (non-hydrogen) atoms. The Bertz CT molecular complexity index is 470. The van der Waals surface area contributed by atoms with Crippen LogP contribution in [0.5, 0.6) is 0 Å². The molecule has 0 fully saturated rings. The smallest absolute Gasteiger partial charge is 0.310 e. The Morgan fingerprint density at radius 3 is 2.87 bits per heavy atom. The monoisotopic (exact) mass is 225 g/mol. The number of hydrogen-bond acceptors (Lipinski definition) is 3. The molecule has 0 aromatic heterocycles. The highest BCUT2D eigenvalue weighted by Crippen LogP contribution is 2.47. The second-order valence-electron chi connectivity index (χ2n) is 3.38. The Labute approximate surface area is 88.1 Å². The molecule has 4 nitrogen and oxygen atoms in total. The van der Waals surface area contributed by atoms with Gasteiger partial charge in [-0.3, -0.25) is 14.4 Å². The quantitative estimate of drug-likeness (QED) is 0.777. The van der Waals surface area contributed by atoms with Crippen molar-refractivity contribution in [2.24, 2.45) is 0 Å². The minimum atomic E-state index is -3.15. The second kappa shape index (κ2) is 3.47. The van der Waals surface area contributed by atoms with E-state index in [-0.39, 0.29) is 5.91 Å². The number of carbonyl (C=O) groups excluding carboxylic acids is 1. The Morgan fingerprint density at radius 1 is 1.47 bits per heavy atom. The van der Waals surface area contributed by atoms with E-state index in [4.69, 9.17) is 4.52 Å². The normalized spacial score (nSPS) is 23.7. The molecule has 1 aliphatic rings. The van der Waals surface area contributed by atoms with E-state index in [1.165, 1.54) is 0 Å². The van der Waals surface area contributed by atoms with Crippen molar-refractivity contribution in [2.45, 2.75) is 13.8 Å². The lowest BCUT2D eigenvalue weighted by Gasteiger charge is -2.13. The highest BCUT2D eigenvalue weighted by atomic mass is 31.2. The van der Waals surface area contributed by atoms with Gasteiger partial charge in [0, 0.05) is 0 Å². The fourth-order valence-corrected chi connectivity index (χ4v) is 3.85. The number of aryl methyl sites for hydroxylation is 1. The van der Waals surface area contributed by atoms with E-state index in [1.807, 2.05) is 13.0 Å². The molecule has 2 rings (SSSR count). The number of nitrogens with one attached hydrogen (secondary N) is 1. The average molecular weight is 225 g/mol. The van der Waals surface area contributed by atoms with Crippen LogP contribution in [0, 0.1) is 6.92 Å². The zero-order valence-electron chi connectivity index (χ0n) is 8.61. The molecule has 0 aliphatic carbocycles. The Balaban J connectivity index is 2.63. The van der Waals surface area contributed by atoms with Crippen molar-refractivity contribution >= 4 is 18.7 Å². The summed E-state index contributed by atoms with van der Waals surface area (Å²) in [5.41, 5.74) is 1.29.